The first kappa shape index (κ1) is 23.9. The summed E-state index contributed by atoms with van der Waals surface area (Å²) in [6.07, 6.45) is 0.373. The van der Waals surface area contributed by atoms with Crippen LogP contribution in [0.2, 0.25) is 0 Å². The average Bonchev–Trinajstić information content (AvgIpc) is 2.58. The van der Waals surface area contributed by atoms with E-state index in [1.54, 1.807) is 0 Å². The van der Waals surface area contributed by atoms with Crippen LogP contribution in [-0.4, -0.2) is 29.7 Å². The van der Waals surface area contributed by atoms with Gasteiger partial charge in [0.1, 0.15) is 4.90 Å². The molecule has 0 radical (unpaired) electrons. The Morgan fingerprint density at radius 3 is 2.33 bits per heavy atom. The molecular formula is C18H18NNaO5S2. The summed E-state index contributed by atoms with van der Waals surface area (Å²) in [6.45, 7) is 1.42. The van der Waals surface area contributed by atoms with Gasteiger partial charge in [0.15, 0.2) is 5.12 Å². The Morgan fingerprint density at radius 2 is 1.74 bits per heavy atom. The number of hydrogen-bond donors (Lipinski definition) is 1. The molecule has 0 spiro atoms. The molecule has 0 fully saturated rings. The van der Waals surface area contributed by atoms with Gasteiger partial charge in [-0.15, -0.1) is 0 Å². The van der Waals surface area contributed by atoms with Gasteiger partial charge in [-0.3, -0.25) is 14.3 Å². The number of carbonyl (C=O) groups excluding carboxylic acids is 1. The SMILES string of the molecule is CC(=O)SCC(Cc1ccccc1)C([O-])=Nc1ccccc1S(=O)(=O)O.[Na+]. The third kappa shape index (κ3) is 7.77. The quantitative estimate of drug-likeness (QED) is 0.282. The van der Waals surface area contributed by atoms with E-state index in [1.807, 2.05) is 30.3 Å². The molecule has 138 valence electrons. The van der Waals surface area contributed by atoms with Gasteiger partial charge in [-0.05, 0) is 30.0 Å². The van der Waals surface area contributed by atoms with Crippen LogP contribution < -0.4 is 34.7 Å². The van der Waals surface area contributed by atoms with Gasteiger partial charge in [-0.25, -0.2) is 0 Å². The fourth-order valence-electron chi connectivity index (χ4n) is 2.31. The van der Waals surface area contributed by atoms with Gasteiger partial charge in [0, 0.05) is 18.6 Å². The molecule has 9 heteroatoms. The maximum absolute atomic E-state index is 12.6. The smallest absolute Gasteiger partial charge is 0.861 e. The maximum Gasteiger partial charge on any atom is 1.00 e. The molecule has 6 nitrogen and oxygen atoms in total. The molecule has 27 heavy (non-hydrogen) atoms. The van der Waals surface area contributed by atoms with Gasteiger partial charge < -0.3 is 5.11 Å². The second-order valence-corrected chi connectivity index (χ2v) is 8.17. The first-order valence-electron chi connectivity index (χ1n) is 7.77. The van der Waals surface area contributed by atoms with Gasteiger partial charge in [-0.1, -0.05) is 54.2 Å². The zero-order valence-corrected chi connectivity index (χ0v) is 18.7. The van der Waals surface area contributed by atoms with Crippen molar-refractivity contribution >= 4 is 38.6 Å². The first-order valence-corrected chi connectivity index (χ1v) is 10.2. The van der Waals surface area contributed by atoms with Crippen LogP contribution in [0.4, 0.5) is 5.69 Å². The van der Waals surface area contributed by atoms with E-state index in [0.29, 0.717) is 6.42 Å². The van der Waals surface area contributed by atoms with Crippen LogP contribution in [0.25, 0.3) is 0 Å². The van der Waals surface area contributed by atoms with Crippen LogP contribution in [0.3, 0.4) is 0 Å². The number of benzene rings is 2. The van der Waals surface area contributed by atoms with Crippen molar-refractivity contribution < 1.29 is 52.4 Å². The van der Waals surface area contributed by atoms with Crippen molar-refractivity contribution in [2.45, 2.75) is 18.2 Å². The molecule has 2 aromatic carbocycles. The van der Waals surface area contributed by atoms with Crippen molar-refractivity contribution in [1.82, 2.24) is 0 Å². The minimum atomic E-state index is -4.49. The fourth-order valence-corrected chi connectivity index (χ4v) is 3.64. The van der Waals surface area contributed by atoms with Crippen molar-refractivity contribution in [1.29, 1.82) is 0 Å². The molecule has 0 aliphatic carbocycles. The molecule has 0 saturated heterocycles. The van der Waals surface area contributed by atoms with E-state index in [0.717, 1.165) is 17.3 Å². The van der Waals surface area contributed by atoms with Crippen molar-refractivity contribution in [3.63, 3.8) is 0 Å². The molecule has 2 aromatic rings. The van der Waals surface area contributed by atoms with Gasteiger partial charge in [0.05, 0.1) is 5.69 Å². The van der Waals surface area contributed by atoms with Gasteiger partial charge in [0.2, 0.25) is 0 Å². The van der Waals surface area contributed by atoms with E-state index in [1.165, 1.54) is 31.2 Å². The Kier molecular flexibility index (Phi) is 9.72. The summed E-state index contributed by atoms with van der Waals surface area (Å²) in [5.41, 5.74) is 0.791. The normalized spacial score (nSPS) is 12.9. The van der Waals surface area contributed by atoms with Crippen LogP contribution in [-0.2, 0) is 21.3 Å². The minimum absolute atomic E-state index is 0. The molecule has 0 amide bonds. The number of thioether (sulfide) groups is 1. The molecule has 2 rings (SSSR count). The molecular weight excluding hydrogens is 397 g/mol. The Balaban J connectivity index is 0.00000364. The average molecular weight is 415 g/mol. The van der Waals surface area contributed by atoms with Crippen LogP contribution in [0, 0.1) is 5.92 Å². The van der Waals surface area contributed by atoms with Gasteiger partial charge in [0.25, 0.3) is 10.1 Å². The monoisotopic (exact) mass is 415 g/mol. The van der Waals surface area contributed by atoms with Crippen molar-refractivity contribution in [3.05, 3.63) is 60.2 Å². The van der Waals surface area contributed by atoms with Crippen LogP contribution in [0.15, 0.2) is 64.5 Å². The van der Waals surface area contributed by atoms with Crippen molar-refractivity contribution in [3.8, 4) is 0 Å². The van der Waals surface area contributed by atoms with E-state index < -0.39 is 26.8 Å². The van der Waals surface area contributed by atoms with E-state index in [9.17, 15) is 22.9 Å². The van der Waals surface area contributed by atoms with E-state index >= 15 is 0 Å². The van der Waals surface area contributed by atoms with Crippen LogP contribution >= 0.6 is 11.8 Å². The Labute approximate surface area is 185 Å². The number of nitrogens with zero attached hydrogens (tertiary/aromatic N) is 1. The molecule has 0 saturated carbocycles. The van der Waals surface area contributed by atoms with Crippen molar-refractivity contribution in [2.24, 2.45) is 10.9 Å². The number of hydrogen-bond acceptors (Lipinski definition) is 6. The summed E-state index contributed by atoms with van der Waals surface area (Å²) in [7, 11) is -4.49. The second-order valence-electron chi connectivity index (χ2n) is 5.58. The molecule has 1 atom stereocenters. The van der Waals surface area contributed by atoms with Crippen LogP contribution in [0.1, 0.15) is 12.5 Å². The van der Waals surface area contributed by atoms with E-state index in [-0.39, 0.29) is 46.1 Å². The van der Waals surface area contributed by atoms with Gasteiger partial charge >= 0.3 is 29.6 Å². The maximum atomic E-state index is 12.6. The Bertz CT molecular complexity index is 901. The summed E-state index contributed by atoms with van der Waals surface area (Å²) in [5, 5.41) is 12.5. The summed E-state index contributed by atoms with van der Waals surface area (Å²) in [5.74, 6) is -0.903. The molecule has 1 unspecified atom stereocenters. The predicted molar refractivity (Wildman–Crippen MR) is 100 cm³/mol. The third-order valence-corrected chi connectivity index (χ3v) is 5.41. The Morgan fingerprint density at radius 1 is 1.15 bits per heavy atom. The van der Waals surface area contributed by atoms with Crippen LogP contribution in [0.5, 0.6) is 0 Å². The number of carbonyl (C=O) groups is 1. The van der Waals surface area contributed by atoms with Gasteiger partial charge in [-0.2, -0.15) is 8.42 Å². The largest absolute Gasteiger partial charge is 1.00 e. The number of para-hydroxylation sites is 1. The summed E-state index contributed by atoms with van der Waals surface area (Å²) in [6, 6.07) is 14.8. The topological polar surface area (TPSA) is 107 Å². The summed E-state index contributed by atoms with van der Waals surface area (Å²) < 4.78 is 32.2. The molecule has 0 bridgehead atoms. The molecule has 1 N–H and O–H groups in total. The van der Waals surface area contributed by atoms with Crippen molar-refractivity contribution in [2.75, 3.05) is 5.75 Å². The number of aliphatic imine (C=N–C) groups is 1. The first-order chi connectivity index (χ1) is 12.3. The Hall–Kier alpha value is -1.16. The third-order valence-electron chi connectivity index (χ3n) is 3.54. The molecule has 0 aromatic heterocycles. The molecule has 0 aliphatic rings. The summed E-state index contributed by atoms with van der Waals surface area (Å²) in [4.78, 5) is 14.7. The second kappa shape index (κ2) is 11.0. The molecule has 0 aliphatic heterocycles. The molecule has 0 heterocycles. The zero-order valence-electron chi connectivity index (χ0n) is 15.0. The van der Waals surface area contributed by atoms with E-state index in [4.69, 9.17) is 0 Å². The standard InChI is InChI=1S/C18H19NO5S2.Na/c1-13(20)25-12-15(11-14-7-3-2-4-8-14)18(21)19-16-9-5-6-10-17(16)26(22,23)24;/h2-10,15H,11-12H2,1H3,(H,19,21)(H,22,23,24);/q;+1/p-1. The number of rotatable bonds is 7. The fraction of sp³-hybridized carbons (Fsp3) is 0.222. The zero-order chi connectivity index (χ0) is 19.2. The van der Waals surface area contributed by atoms with E-state index in [2.05, 4.69) is 4.99 Å². The summed E-state index contributed by atoms with van der Waals surface area (Å²) >= 11 is 1.02. The minimum Gasteiger partial charge on any atom is -0.861 e. The predicted octanol–water partition coefficient (Wildman–Crippen LogP) is -0.534.